The van der Waals surface area contributed by atoms with Crippen molar-refractivity contribution in [1.29, 1.82) is 0 Å². The first kappa shape index (κ1) is 16.5. The summed E-state index contributed by atoms with van der Waals surface area (Å²) >= 11 is 6.61. The number of fused-ring (bicyclic) bond motifs is 2. The molecule has 3 rings (SSSR count). The number of benzene rings is 1. The molecule has 2 heterocycles. The summed E-state index contributed by atoms with van der Waals surface area (Å²) in [5.74, 6) is 0. The predicted molar refractivity (Wildman–Crippen MR) is 97.9 cm³/mol. The van der Waals surface area contributed by atoms with E-state index in [0.29, 0.717) is 0 Å². The molecule has 2 fully saturated rings. The van der Waals surface area contributed by atoms with Crippen molar-refractivity contribution in [3.05, 3.63) is 23.2 Å². The number of hydrogen-bond donors (Lipinski definition) is 0. The van der Waals surface area contributed by atoms with Gasteiger partial charge >= 0.3 is 143 Å². The van der Waals surface area contributed by atoms with Crippen molar-refractivity contribution in [2.75, 3.05) is 7.05 Å². The first-order valence-corrected chi connectivity index (χ1v) is 19.3. The average Bonchev–Trinajstić information content (AvgIpc) is 2.62. The van der Waals surface area contributed by atoms with Crippen LogP contribution in [0.25, 0.3) is 0 Å². The molecule has 0 N–H and O–H groups in total. The van der Waals surface area contributed by atoms with E-state index >= 15 is 0 Å². The summed E-state index contributed by atoms with van der Waals surface area (Å²) in [6.07, 6.45) is 5.44. The van der Waals surface area contributed by atoms with Gasteiger partial charge in [0.2, 0.25) is 0 Å². The van der Waals surface area contributed by atoms with Gasteiger partial charge in [0.25, 0.3) is 0 Å². The molecule has 116 valence electrons. The predicted octanol–water partition coefficient (Wildman–Crippen LogP) is 4.60. The molecule has 2 saturated heterocycles. The molecule has 0 saturated carbocycles. The fourth-order valence-corrected chi connectivity index (χ4v) is 8.90. The van der Waals surface area contributed by atoms with Crippen molar-refractivity contribution in [1.82, 2.24) is 4.90 Å². The van der Waals surface area contributed by atoms with Gasteiger partial charge in [-0.05, 0) is 0 Å². The van der Waals surface area contributed by atoms with Gasteiger partial charge in [-0.1, -0.05) is 0 Å². The number of nitrogens with zero attached hydrogens (tertiary/aromatic N) is 1. The van der Waals surface area contributed by atoms with E-state index in [2.05, 4.69) is 45.0 Å². The molecule has 2 unspecified atom stereocenters. The normalized spacial score (nSPS) is 29.9. The Morgan fingerprint density at radius 1 is 1.14 bits per heavy atom. The zero-order valence-electron chi connectivity index (χ0n) is 13.5. The fraction of sp³-hybridized carbons (Fsp3) is 0.647. The molecule has 1 nitrogen and oxygen atoms in total. The Morgan fingerprint density at radius 3 is 2.29 bits per heavy atom. The van der Waals surface area contributed by atoms with E-state index < -0.39 is 18.4 Å². The molecule has 1 aromatic rings. The van der Waals surface area contributed by atoms with Crippen LogP contribution in [-0.4, -0.2) is 47.7 Å². The van der Waals surface area contributed by atoms with Crippen LogP contribution >= 0.6 is 23.4 Å². The van der Waals surface area contributed by atoms with Gasteiger partial charge in [0.1, 0.15) is 0 Å². The zero-order chi connectivity index (χ0) is 15.2. The Labute approximate surface area is 142 Å². The van der Waals surface area contributed by atoms with E-state index in [0.717, 1.165) is 22.4 Å². The van der Waals surface area contributed by atoms with Crippen molar-refractivity contribution in [3.8, 4) is 0 Å². The number of rotatable bonds is 3. The van der Waals surface area contributed by atoms with Gasteiger partial charge in [-0.25, -0.2) is 0 Å². The summed E-state index contributed by atoms with van der Waals surface area (Å²) in [6, 6.07) is 8.50. The monoisotopic (exact) mass is 431 g/mol. The van der Waals surface area contributed by atoms with Gasteiger partial charge < -0.3 is 0 Å². The number of hydrogen-bond acceptors (Lipinski definition) is 2. The molecule has 2 atom stereocenters. The van der Waals surface area contributed by atoms with Crippen LogP contribution in [-0.2, 0) is 0 Å². The molecule has 1 aromatic carbocycles. The minimum atomic E-state index is -1.99. The van der Waals surface area contributed by atoms with E-state index in [1.165, 1.54) is 34.2 Å². The molecular weight excluding hydrogens is 404 g/mol. The number of thioether (sulfide) groups is 1. The van der Waals surface area contributed by atoms with Crippen molar-refractivity contribution >= 4 is 45.3 Å². The van der Waals surface area contributed by atoms with Crippen LogP contribution in [0.15, 0.2) is 23.1 Å². The molecular formula is C17H26ClNSSn. The maximum absolute atomic E-state index is 6.57. The van der Waals surface area contributed by atoms with Crippen molar-refractivity contribution in [2.45, 2.75) is 62.7 Å². The van der Waals surface area contributed by atoms with Crippen LogP contribution in [0.5, 0.6) is 0 Å². The molecule has 0 aromatic heterocycles. The second-order valence-electron chi connectivity index (χ2n) is 7.66. The van der Waals surface area contributed by atoms with Gasteiger partial charge in [-0.15, -0.1) is 0 Å². The van der Waals surface area contributed by atoms with Crippen molar-refractivity contribution in [3.63, 3.8) is 0 Å². The Kier molecular flexibility index (Phi) is 4.91. The summed E-state index contributed by atoms with van der Waals surface area (Å²) in [7, 11) is 2.31. The van der Waals surface area contributed by atoms with Gasteiger partial charge in [-0.3, -0.25) is 0 Å². The van der Waals surface area contributed by atoms with E-state index in [9.17, 15) is 0 Å². The third-order valence-corrected chi connectivity index (χ3v) is 12.7. The first-order valence-electron chi connectivity index (χ1n) is 8.03. The second-order valence-corrected chi connectivity index (χ2v) is 23.9. The van der Waals surface area contributed by atoms with E-state index in [1.54, 1.807) is 0 Å². The van der Waals surface area contributed by atoms with Gasteiger partial charge in [0, 0.05) is 0 Å². The van der Waals surface area contributed by atoms with Crippen molar-refractivity contribution in [2.24, 2.45) is 0 Å². The summed E-state index contributed by atoms with van der Waals surface area (Å²) in [5, 5.41) is 1.73. The molecule has 0 spiro atoms. The minimum absolute atomic E-state index is 0.750. The topological polar surface area (TPSA) is 3.24 Å². The Bertz CT molecular complexity index is 514. The summed E-state index contributed by atoms with van der Waals surface area (Å²) in [5.41, 5.74) is 0. The molecule has 0 amide bonds. The number of halogens is 1. The fourth-order valence-electron chi connectivity index (χ4n) is 3.70. The molecule has 0 radical (unpaired) electrons. The molecule has 4 heteroatoms. The second kappa shape index (κ2) is 6.26. The molecule has 0 aliphatic carbocycles. The molecule has 21 heavy (non-hydrogen) atoms. The first-order chi connectivity index (χ1) is 9.84. The third-order valence-electron chi connectivity index (χ3n) is 5.15. The SMILES string of the molecule is CN1C2CCC1CC(Sc1cc[c]([Sn]([CH3])([CH3])[CH3])cc1Cl)C2. The summed E-state index contributed by atoms with van der Waals surface area (Å²) < 4.78 is 1.53. The molecule has 2 aliphatic heterocycles. The van der Waals surface area contributed by atoms with Gasteiger partial charge in [0.05, 0.1) is 0 Å². The Morgan fingerprint density at radius 2 is 1.76 bits per heavy atom. The summed E-state index contributed by atoms with van der Waals surface area (Å²) in [4.78, 5) is 11.2. The Balaban J connectivity index is 1.71. The molecule has 2 aliphatic rings. The number of piperidine rings is 1. The van der Waals surface area contributed by atoms with Crippen LogP contribution in [0, 0.1) is 0 Å². The standard InChI is InChI=1S/C14H17ClNS.3CH3.Sn/c1-16-10-6-7-11(16)9-12(8-10)17-14-5-3-2-4-13(14)15;;;;/h3-5,10-12H,6-9H2,1H3;3*1H3;. The van der Waals surface area contributed by atoms with Crippen LogP contribution in [0.3, 0.4) is 0 Å². The van der Waals surface area contributed by atoms with Gasteiger partial charge in [-0.2, -0.15) is 0 Å². The molecule has 2 bridgehead atoms. The van der Waals surface area contributed by atoms with Gasteiger partial charge in [0.15, 0.2) is 0 Å². The Hall–Kier alpha value is 0.619. The van der Waals surface area contributed by atoms with Crippen LogP contribution in [0.1, 0.15) is 25.7 Å². The third kappa shape index (κ3) is 3.59. The zero-order valence-corrected chi connectivity index (χ0v) is 18.0. The van der Waals surface area contributed by atoms with E-state index in [4.69, 9.17) is 11.6 Å². The maximum atomic E-state index is 6.57. The van der Waals surface area contributed by atoms with E-state index in [-0.39, 0.29) is 0 Å². The average molecular weight is 431 g/mol. The van der Waals surface area contributed by atoms with Crippen LogP contribution in [0.2, 0.25) is 19.8 Å². The van der Waals surface area contributed by atoms with Crippen LogP contribution < -0.4 is 3.58 Å². The van der Waals surface area contributed by atoms with Crippen molar-refractivity contribution < 1.29 is 0 Å². The summed E-state index contributed by atoms with van der Waals surface area (Å²) in [6.45, 7) is 0. The quantitative estimate of drug-likeness (QED) is 0.645. The van der Waals surface area contributed by atoms with E-state index in [1.807, 2.05) is 11.8 Å². The van der Waals surface area contributed by atoms with Crippen LogP contribution in [0.4, 0.5) is 0 Å².